The quantitative estimate of drug-likeness (QED) is 0.589. The Bertz CT molecular complexity index is 1150. The number of rotatable bonds is 4. The molecule has 4 N–H and O–H groups in total. The summed E-state index contributed by atoms with van der Waals surface area (Å²) in [6, 6.07) is 6.03. The van der Waals surface area contributed by atoms with Crippen LogP contribution in [-0.4, -0.2) is 28.4 Å². The summed E-state index contributed by atoms with van der Waals surface area (Å²) in [5, 5.41) is 5.53. The van der Waals surface area contributed by atoms with Crippen LogP contribution in [0.15, 0.2) is 30.5 Å². The lowest BCUT2D eigenvalue weighted by atomic mass is 10.1. The van der Waals surface area contributed by atoms with Gasteiger partial charge in [0.1, 0.15) is 16.5 Å². The van der Waals surface area contributed by atoms with Gasteiger partial charge in [-0.25, -0.2) is 14.4 Å². The average molecular weight is 427 g/mol. The molecule has 4 rings (SSSR count). The van der Waals surface area contributed by atoms with Gasteiger partial charge in [-0.15, -0.1) is 0 Å². The number of carbonyl (C=O) groups excluding carboxylic acids is 2. The van der Waals surface area contributed by atoms with Crippen LogP contribution < -0.4 is 16.4 Å². The van der Waals surface area contributed by atoms with E-state index >= 15 is 0 Å². The molecule has 3 aromatic rings. The Morgan fingerprint density at radius 2 is 2.07 bits per heavy atom. The number of pyridine rings is 1. The van der Waals surface area contributed by atoms with Crippen molar-refractivity contribution in [3.05, 3.63) is 63.5 Å². The van der Waals surface area contributed by atoms with Crippen LogP contribution in [0, 0.1) is 12.7 Å². The van der Waals surface area contributed by atoms with Crippen LogP contribution in [0.25, 0.3) is 0 Å². The molecule has 30 heavy (non-hydrogen) atoms. The second kappa shape index (κ2) is 8.17. The molecular formula is C20H18FN5O3S. The van der Waals surface area contributed by atoms with E-state index in [1.165, 1.54) is 18.3 Å². The van der Waals surface area contributed by atoms with Crippen LogP contribution in [-0.2, 0) is 17.8 Å². The van der Waals surface area contributed by atoms with Gasteiger partial charge in [0.05, 0.1) is 30.7 Å². The first-order chi connectivity index (χ1) is 14.4. The molecule has 0 aliphatic carbocycles. The number of nitrogens with zero attached hydrogens (tertiary/aromatic N) is 2. The molecule has 0 saturated heterocycles. The fourth-order valence-corrected chi connectivity index (χ4v) is 3.62. The molecule has 0 atom stereocenters. The van der Waals surface area contributed by atoms with Gasteiger partial charge in [0, 0.05) is 5.69 Å². The Kier molecular flexibility index (Phi) is 5.42. The van der Waals surface area contributed by atoms with Crippen LogP contribution in [0.4, 0.5) is 21.0 Å². The van der Waals surface area contributed by atoms with Crippen molar-refractivity contribution >= 4 is 39.8 Å². The molecular weight excluding hydrogens is 409 g/mol. The third-order valence-corrected chi connectivity index (χ3v) is 5.44. The molecule has 0 unspecified atom stereocenters. The lowest BCUT2D eigenvalue weighted by Gasteiger charge is -2.16. The van der Waals surface area contributed by atoms with Crippen molar-refractivity contribution < 1.29 is 18.7 Å². The number of carbonyl (C=O) groups is 2. The monoisotopic (exact) mass is 427 g/mol. The van der Waals surface area contributed by atoms with E-state index in [4.69, 9.17) is 10.5 Å². The number of benzene rings is 1. The molecule has 2 amide bonds. The van der Waals surface area contributed by atoms with Crippen LogP contribution in [0.1, 0.15) is 36.9 Å². The van der Waals surface area contributed by atoms with Crippen molar-refractivity contribution in [2.24, 2.45) is 0 Å². The number of hydrogen-bond acceptors (Lipinski definition) is 7. The third kappa shape index (κ3) is 4.14. The van der Waals surface area contributed by atoms with E-state index < -0.39 is 17.6 Å². The summed E-state index contributed by atoms with van der Waals surface area (Å²) in [6.07, 6.45) is 2.12. The highest BCUT2D eigenvalue weighted by molar-refractivity contribution is 7.17. The van der Waals surface area contributed by atoms with Gasteiger partial charge in [-0.2, -0.15) is 0 Å². The highest BCUT2D eigenvalue weighted by Crippen LogP contribution is 2.24. The number of nitrogens with two attached hydrogens (primary N) is 1. The topological polar surface area (TPSA) is 119 Å². The van der Waals surface area contributed by atoms with Gasteiger partial charge in [-0.3, -0.25) is 9.59 Å². The fraction of sp³-hybridized carbons (Fsp3) is 0.200. The summed E-state index contributed by atoms with van der Waals surface area (Å²) in [4.78, 5) is 33.5. The van der Waals surface area contributed by atoms with Gasteiger partial charge >= 0.3 is 0 Å². The number of fused-ring (bicyclic) bond motifs is 1. The number of hydrogen-bond donors (Lipinski definition) is 3. The summed E-state index contributed by atoms with van der Waals surface area (Å²) < 4.78 is 19.9. The minimum absolute atomic E-state index is 0.213. The number of nitrogen functional groups attached to an aromatic ring is 1. The number of thiazole rings is 1. The zero-order valence-electron chi connectivity index (χ0n) is 16.0. The molecule has 8 nitrogen and oxygen atoms in total. The molecule has 0 radical (unpaired) electrons. The number of amides is 2. The average Bonchev–Trinajstić information content (AvgIpc) is 3.16. The maximum Gasteiger partial charge on any atom is 0.267 e. The van der Waals surface area contributed by atoms with Gasteiger partial charge in [0.2, 0.25) is 0 Å². The lowest BCUT2D eigenvalue weighted by Crippen LogP contribution is -2.18. The van der Waals surface area contributed by atoms with Gasteiger partial charge in [0.25, 0.3) is 11.8 Å². The predicted molar refractivity (Wildman–Crippen MR) is 111 cm³/mol. The minimum Gasteiger partial charge on any atom is -0.375 e. The van der Waals surface area contributed by atoms with Crippen molar-refractivity contribution in [2.75, 3.05) is 23.0 Å². The van der Waals surface area contributed by atoms with Crippen LogP contribution in [0.3, 0.4) is 0 Å². The van der Waals surface area contributed by atoms with Crippen LogP contribution in [0.5, 0.6) is 0 Å². The Balaban J connectivity index is 1.55. The van der Waals surface area contributed by atoms with E-state index in [0.29, 0.717) is 35.2 Å². The van der Waals surface area contributed by atoms with Crippen molar-refractivity contribution in [3.63, 3.8) is 0 Å². The molecule has 0 fully saturated rings. The van der Waals surface area contributed by atoms with Crippen molar-refractivity contribution in [1.29, 1.82) is 0 Å². The molecule has 10 heteroatoms. The maximum absolute atomic E-state index is 14.5. The third-order valence-electron chi connectivity index (χ3n) is 4.62. The predicted octanol–water partition coefficient (Wildman–Crippen LogP) is 3.15. The normalized spacial score (nSPS) is 12.9. The molecule has 1 aliphatic heterocycles. The molecule has 1 aliphatic rings. The van der Waals surface area contributed by atoms with Gasteiger partial charge < -0.3 is 21.1 Å². The second-order valence-corrected chi connectivity index (χ2v) is 7.79. The molecule has 0 saturated carbocycles. The van der Waals surface area contributed by atoms with E-state index in [1.54, 1.807) is 13.0 Å². The number of aryl methyl sites for hydroxylation is 1. The summed E-state index contributed by atoms with van der Waals surface area (Å²) in [5.74, 6) is -1.52. The summed E-state index contributed by atoms with van der Waals surface area (Å²) >= 11 is 1.03. The minimum atomic E-state index is -0.702. The number of nitrogens with one attached hydrogen (secondary N) is 2. The molecule has 0 spiro atoms. The van der Waals surface area contributed by atoms with Gasteiger partial charge in [-0.1, -0.05) is 17.4 Å². The Labute approximate surface area is 175 Å². The molecule has 154 valence electrons. The summed E-state index contributed by atoms with van der Waals surface area (Å²) in [7, 11) is 0. The van der Waals surface area contributed by atoms with Crippen LogP contribution >= 0.6 is 11.3 Å². The second-order valence-electron chi connectivity index (χ2n) is 6.72. The van der Waals surface area contributed by atoms with Crippen LogP contribution in [0.2, 0.25) is 0 Å². The largest absolute Gasteiger partial charge is 0.375 e. The van der Waals surface area contributed by atoms with Gasteiger partial charge in [0.15, 0.2) is 5.13 Å². The van der Waals surface area contributed by atoms with Gasteiger partial charge in [-0.05, 0) is 42.7 Å². The molecule has 1 aromatic carbocycles. The number of anilines is 3. The fourth-order valence-electron chi connectivity index (χ4n) is 3.04. The summed E-state index contributed by atoms with van der Waals surface area (Å²) in [5.41, 5.74) is 7.93. The zero-order chi connectivity index (χ0) is 21.3. The number of aromatic nitrogens is 2. The zero-order valence-corrected chi connectivity index (χ0v) is 16.8. The van der Waals surface area contributed by atoms with Crippen molar-refractivity contribution in [3.8, 4) is 0 Å². The Morgan fingerprint density at radius 3 is 2.83 bits per heavy atom. The smallest absolute Gasteiger partial charge is 0.267 e. The SMILES string of the molecule is Cc1cc(F)c(C(=O)Nc2ccc3c(n2)COCC3)cc1NC(=O)c1cnc(N)s1. The molecule has 3 heterocycles. The molecule has 2 aromatic heterocycles. The van der Waals surface area contributed by atoms with Crippen molar-refractivity contribution in [2.45, 2.75) is 20.0 Å². The highest BCUT2D eigenvalue weighted by atomic mass is 32.1. The number of ether oxygens (including phenoxy) is 1. The Hall–Kier alpha value is -3.37. The van der Waals surface area contributed by atoms with E-state index in [9.17, 15) is 14.0 Å². The van der Waals surface area contributed by atoms with E-state index in [-0.39, 0.29) is 10.7 Å². The number of halogens is 1. The first kappa shape index (κ1) is 19.9. The lowest BCUT2D eigenvalue weighted by molar-refractivity contribution is 0.101. The first-order valence-electron chi connectivity index (χ1n) is 9.11. The maximum atomic E-state index is 14.5. The van der Waals surface area contributed by atoms with E-state index in [0.717, 1.165) is 29.0 Å². The van der Waals surface area contributed by atoms with Crippen molar-refractivity contribution in [1.82, 2.24) is 9.97 Å². The highest BCUT2D eigenvalue weighted by Gasteiger charge is 2.19. The summed E-state index contributed by atoms with van der Waals surface area (Å²) in [6.45, 7) is 2.64. The standard InChI is InChI=1S/C20H18FN5O3S/c1-10-6-13(21)12(7-14(10)25-19(28)16-8-23-20(22)30-16)18(27)26-17-3-2-11-4-5-29-9-15(11)24-17/h2-3,6-8H,4-5,9H2,1H3,(H2,22,23)(H,25,28)(H,24,26,27). The van der Waals surface area contributed by atoms with E-state index in [2.05, 4.69) is 20.6 Å². The molecule has 0 bridgehead atoms. The Morgan fingerprint density at radius 1 is 1.23 bits per heavy atom. The first-order valence-corrected chi connectivity index (χ1v) is 9.93. The van der Waals surface area contributed by atoms with E-state index in [1.807, 2.05) is 6.07 Å².